The number of hydrogen-bond acceptors (Lipinski definition) is 5. The van der Waals surface area contributed by atoms with E-state index in [1.807, 2.05) is 19.1 Å². The zero-order valence-electron chi connectivity index (χ0n) is 11.3. The third-order valence-corrected chi connectivity index (χ3v) is 2.72. The number of carbonyl (C=O) groups excluding carboxylic acids is 1. The lowest BCUT2D eigenvalue weighted by Gasteiger charge is -2.04. The molecule has 20 heavy (non-hydrogen) atoms. The first-order chi connectivity index (χ1) is 9.72. The maximum Gasteiger partial charge on any atom is 0.338 e. The van der Waals surface area contributed by atoms with Gasteiger partial charge in [-0.15, -0.1) is 5.10 Å². The van der Waals surface area contributed by atoms with Crippen molar-refractivity contribution in [3.63, 3.8) is 0 Å². The third-order valence-electron chi connectivity index (χ3n) is 2.72. The van der Waals surface area contributed by atoms with Gasteiger partial charge in [-0.1, -0.05) is 24.3 Å². The first kappa shape index (κ1) is 14.2. The normalized spacial score (nSPS) is 10.5. The van der Waals surface area contributed by atoms with E-state index < -0.39 is 0 Å². The van der Waals surface area contributed by atoms with Crippen molar-refractivity contribution in [2.45, 2.75) is 26.5 Å². The fourth-order valence-electron chi connectivity index (χ4n) is 1.70. The molecule has 1 aromatic heterocycles. The van der Waals surface area contributed by atoms with Crippen LogP contribution in [0.4, 0.5) is 0 Å². The maximum atomic E-state index is 11.6. The van der Waals surface area contributed by atoms with Crippen LogP contribution < -0.4 is 0 Å². The van der Waals surface area contributed by atoms with E-state index in [-0.39, 0.29) is 12.6 Å². The Balaban J connectivity index is 1.99. The molecule has 1 N–H and O–H groups in total. The van der Waals surface area contributed by atoms with Gasteiger partial charge in [0.15, 0.2) is 0 Å². The largest absolute Gasteiger partial charge is 0.462 e. The summed E-state index contributed by atoms with van der Waals surface area (Å²) >= 11 is 0. The van der Waals surface area contributed by atoms with Crippen LogP contribution in [0.15, 0.2) is 30.5 Å². The number of esters is 1. The van der Waals surface area contributed by atoms with Gasteiger partial charge in [-0.05, 0) is 24.1 Å². The molecule has 0 bridgehead atoms. The average molecular weight is 275 g/mol. The molecular formula is C14H17N3O3. The van der Waals surface area contributed by atoms with Crippen molar-refractivity contribution in [1.29, 1.82) is 0 Å². The van der Waals surface area contributed by atoms with Crippen LogP contribution in [-0.2, 0) is 17.9 Å². The van der Waals surface area contributed by atoms with Gasteiger partial charge in [-0.2, -0.15) is 0 Å². The van der Waals surface area contributed by atoms with Crippen LogP contribution in [0, 0.1) is 0 Å². The van der Waals surface area contributed by atoms with Gasteiger partial charge >= 0.3 is 5.97 Å². The summed E-state index contributed by atoms with van der Waals surface area (Å²) in [5, 5.41) is 16.6. The average Bonchev–Trinajstić information content (AvgIpc) is 2.93. The van der Waals surface area contributed by atoms with Crippen molar-refractivity contribution in [3.8, 4) is 0 Å². The van der Waals surface area contributed by atoms with Gasteiger partial charge < -0.3 is 9.84 Å². The minimum Gasteiger partial charge on any atom is -0.462 e. The van der Waals surface area contributed by atoms with Crippen LogP contribution in [0.5, 0.6) is 0 Å². The molecule has 0 atom stereocenters. The number of nitrogens with zero attached hydrogens (tertiary/aromatic N) is 3. The Labute approximate surface area is 117 Å². The van der Waals surface area contributed by atoms with Gasteiger partial charge in [0.05, 0.1) is 31.5 Å². The van der Waals surface area contributed by atoms with Crippen LogP contribution in [0.2, 0.25) is 0 Å². The molecule has 0 amide bonds. The van der Waals surface area contributed by atoms with E-state index in [2.05, 4.69) is 10.3 Å². The van der Waals surface area contributed by atoms with Crippen LogP contribution in [0.3, 0.4) is 0 Å². The van der Waals surface area contributed by atoms with Crippen LogP contribution in [0.1, 0.15) is 35.0 Å². The van der Waals surface area contributed by atoms with Gasteiger partial charge in [0.25, 0.3) is 0 Å². The van der Waals surface area contributed by atoms with Crippen LogP contribution in [-0.4, -0.2) is 32.7 Å². The molecule has 2 aromatic rings. The molecule has 106 valence electrons. The number of ether oxygens (including phenoxy) is 1. The van der Waals surface area contributed by atoms with E-state index >= 15 is 0 Å². The predicted molar refractivity (Wildman–Crippen MR) is 72.1 cm³/mol. The molecule has 6 nitrogen and oxygen atoms in total. The van der Waals surface area contributed by atoms with E-state index in [0.717, 1.165) is 12.0 Å². The van der Waals surface area contributed by atoms with E-state index in [1.54, 1.807) is 23.0 Å². The molecule has 0 radical (unpaired) electrons. The standard InChI is InChI=1S/C14H17N3O3/c1-2-7-20-14(19)12-5-3-11(4-6-12)8-17-9-13(10-18)15-16-17/h3-6,9,18H,2,7-8,10H2,1H3. The van der Waals surface area contributed by atoms with Crippen LogP contribution in [0.25, 0.3) is 0 Å². The Morgan fingerprint density at radius 2 is 2.10 bits per heavy atom. The maximum absolute atomic E-state index is 11.6. The highest BCUT2D eigenvalue weighted by atomic mass is 16.5. The summed E-state index contributed by atoms with van der Waals surface area (Å²) in [7, 11) is 0. The zero-order valence-corrected chi connectivity index (χ0v) is 11.3. The number of rotatable bonds is 6. The Morgan fingerprint density at radius 3 is 2.70 bits per heavy atom. The Morgan fingerprint density at radius 1 is 1.35 bits per heavy atom. The Hall–Kier alpha value is -2.21. The molecular weight excluding hydrogens is 258 g/mol. The highest BCUT2D eigenvalue weighted by Crippen LogP contribution is 2.08. The zero-order chi connectivity index (χ0) is 14.4. The minimum atomic E-state index is -0.304. The summed E-state index contributed by atoms with van der Waals surface area (Å²) in [6.07, 6.45) is 2.49. The molecule has 2 rings (SSSR count). The predicted octanol–water partition coefficient (Wildman–Crippen LogP) is 1.39. The number of aromatic nitrogens is 3. The van der Waals surface area contributed by atoms with Gasteiger partial charge in [0, 0.05) is 0 Å². The molecule has 0 fully saturated rings. The fourth-order valence-corrected chi connectivity index (χ4v) is 1.70. The summed E-state index contributed by atoms with van der Waals surface area (Å²) in [4.78, 5) is 11.6. The summed E-state index contributed by atoms with van der Waals surface area (Å²) in [6.45, 7) is 2.80. The highest BCUT2D eigenvalue weighted by Gasteiger charge is 2.06. The van der Waals surface area contributed by atoms with Crippen LogP contribution >= 0.6 is 0 Å². The number of aliphatic hydroxyl groups is 1. The van der Waals surface area contributed by atoms with Crippen molar-refractivity contribution in [1.82, 2.24) is 15.0 Å². The van der Waals surface area contributed by atoms with E-state index in [9.17, 15) is 4.79 Å². The number of benzene rings is 1. The molecule has 0 aliphatic carbocycles. The lowest BCUT2D eigenvalue weighted by molar-refractivity contribution is 0.0505. The van der Waals surface area contributed by atoms with E-state index in [0.29, 0.717) is 24.4 Å². The number of carbonyl (C=O) groups is 1. The molecule has 1 heterocycles. The molecule has 0 unspecified atom stereocenters. The molecule has 0 saturated carbocycles. The molecule has 0 aliphatic rings. The molecule has 0 spiro atoms. The monoisotopic (exact) mass is 275 g/mol. The molecule has 0 aliphatic heterocycles. The second-order valence-corrected chi connectivity index (χ2v) is 4.40. The third kappa shape index (κ3) is 3.64. The summed E-state index contributed by atoms with van der Waals surface area (Å²) < 4.78 is 6.69. The Bertz CT molecular complexity index is 563. The topological polar surface area (TPSA) is 77.2 Å². The van der Waals surface area contributed by atoms with Crippen molar-refractivity contribution in [2.75, 3.05) is 6.61 Å². The fraction of sp³-hybridized carbons (Fsp3) is 0.357. The second-order valence-electron chi connectivity index (χ2n) is 4.40. The van der Waals surface area contributed by atoms with E-state index in [1.165, 1.54) is 0 Å². The number of aliphatic hydroxyl groups excluding tert-OH is 1. The molecule has 6 heteroatoms. The first-order valence-corrected chi connectivity index (χ1v) is 6.49. The van der Waals surface area contributed by atoms with Gasteiger partial charge in [-0.25, -0.2) is 9.48 Å². The van der Waals surface area contributed by atoms with E-state index in [4.69, 9.17) is 9.84 Å². The Kier molecular flexibility index (Phi) is 4.84. The van der Waals surface area contributed by atoms with Gasteiger partial charge in [-0.3, -0.25) is 0 Å². The smallest absolute Gasteiger partial charge is 0.338 e. The summed E-state index contributed by atoms with van der Waals surface area (Å²) in [5.41, 5.74) is 2.06. The minimum absolute atomic E-state index is 0.123. The lowest BCUT2D eigenvalue weighted by Crippen LogP contribution is -2.06. The summed E-state index contributed by atoms with van der Waals surface area (Å²) in [5.74, 6) is -0.304. The molecule has 0 saturated heterocycles. The first-order valence-electron chi connectivity index (χ1n) is 6.49. The summed E-state index contributed by atoms with van der Waals surface area (Å²) in [6, 6.07) is 7.17. The van der Waals surface area contributed by atoms with Crippen molar-refractivity contribution in [3.05, 3.63) is 47.3 Å². The molecule has 1 aromatic carbocycles. The number of hydrogen-bond donors (Lipinski definition) is 1. The quantitative estimate of drug-likeness (QED) is 0.806. The lowest BCUT2D eigenvalue weighted by atomic mass is 10.1. The highest BCUT2D eigenvalue weighted by molar-refractivity contribution is 5.89. The second kappa shape index (κ2) is 6.81. The SMILES string of the molecule is CCCOC(=O)c1ccc(Cn2cc(CO)nn2)cc1. The van der Waals surface area contributed by atoms with Gasteiger partial charge in [0.2, 0.25) is 0 Å². The van der Waals surface area contributed by atoms with Gasteiger partial charge in [0.1, 0.15) is 5.69 Å². The van der Waals surface area contributed by atoms with Crippen molar-refractivity contribution >= 4 is 5.97 Å². The van der Waals surface area contributed by atoms with Crippen molar-refractivity contribution in [2.24, 2.45) is 0 Å². The van der Waals surface area contributed by atoms with Crippen molar-refractivity contribution < 1.29 is 14.6 Å².